The first kappa shape index (κ1) is 12.0. The van der Waals surface area contributed by atoms with Gasteiger partial charge in [0.1, 0.15) is 0 Å². The van der Waals surface area contributed by atoms with E-state index in [2.05, 4.69) is 28.1 Å². The second kappa shape index (κ2) is 5.28. The summed E-state index contributed by atoms with van der Waals surface area (Å²) in [6.45, 7) is 0.908. The number of rotatable bonds is 4. The predicted octanol–water partition coefficient (Wildman–Crippen LogP) is 3.44. The lowest BCUT2D eigenvalue weighted by atomic mass is 10.1. The Morgan fingerprint density at radius 1 is 1.11 bits per heavy atom. The van der Waals surface area contributed by atoms with E-state index in [0.29, 0.717) is 0 Å². The number of nitrogen functional groups attached to an aromatic ring is 1. The Bertz CT molecular complexity index is 638. The molecule has 3 aromatic rings. The molecule has 2 N–H and O–H groups in total. The topological polar surface area (TPSA) is 43.8 Å². The predicted molar refractivity (Wildman–Crippen MR) is 80.1 cm³/mol. The Morgan fingerprint density at radius 3 is 2.68 bits per heavy atom. The van der Waals surface area contributed by atoms with Gasteiger partial charge in [-0.05, 0) is 46.5 Å². The molecule has 0 bridgehead atoms. The maximum Gasteiger partial charge on any atom is 0.0568 e. The van der Waals surface area contributed by atoms with Crippen LogP contribution < -0.4 is 5.73 Å². The van der Waals surface area contributed by atoms with Crippen molar-refractivity contribution in [2.45, 2.75) is 13.0 Å². The summed E-state index contributed by atoms with van der Waals surface area (Å²) < 4.78 is 1.99. The van der Waals surface area contributed by atoms with E-state index in [0.717, 1.165) is 29.8 Å². The fourth-order valence-electron chi connectivity index (χ4n) is 1.99. The summed E-state index contributed by atoms with van der Waals surface area (Å²) in [7, 11) is 0. The van der Waals surface area contributed by atoms with E-state index in [-0.39, 0.29) is 0 Å². The van der Waals surface area contributed by atoms with Gasteiger partial charge in [-0.2, -0.15) is 16.4 Å². The van der Waals surface area contributed by atoms with Crippen molar-refractivity contribution in [2.75, 3.05) is 5.73 Å². The van der Waals surface area contributed by atoms with E-state index in [1.165, 1.54) is 5.56 Å². The van der Waals surface area contributed by atoms with E-state index in [1.807, 2.05) is 35.1 Å². The van der Waals surface area contributed by atoms with Crippen LogP contribution in [0.4, 0.5) is 5.69 Å². The number of nitrogens with zero attached hydrogens (tertiary/aromatic N) is 2. The van der Waals surface area contributed by atoms with Gasteiger partial charge < -0.3 is 5.73 Å². The average molecular weight is 269 g/mol. The Labute approximate surface area is 116 Å². The minimum atomic E-state index is 0.786. The number of aryl methyl sites for hydroxylation is 2. The van der Waals surface area contributed by atoms with Crippen LogP contribution in [0.2, 0.25) is 0 Å². The molecule has 0 spiro atoms. The molecule has 4 heteroatoms. The number of nitrogens with two attached hydrogens (primary N) is 1. The van der Waals surface area contributed by atoms with Crippen LogP contribution in [0.1, 0.15) is 5.56 Å². The first-order valence-electron chi connectivity index (χ1n) is 6.21. The molecule has 19 heavy (non-hydrogen) atoms. The zero-order valence-electron chi connectivity index (χ0n) is 10.5. The minimum Gasteiger partial charge on any atom is -0.399 e. The maximum atomic E-state index is 5.69. The molecule has 1 aromatic carbocycles. The molecule has 0 amide bonds. The average Bonchev–Trinajstić information content (AvgIpc) is 3.09. The summed E-state index contributed by atoms with van der Waals surface area (Å²) in [4.78, 5) is 0. The fraction of sp³-hybridized carbons (Fsp3) is 0.133. The SMILES string of the molecule is Nc1ccc(-c2cnn(CCc3ccsc3)c2)cc1. The van der Waals surface area contributed by atoms with Crippen molar-refractivity contribution in [3.63, 3.8) is 0 Å². The number of benzene rings is 1. The fourth-order valence-corrected chi connectivity index (χ4v) is 2.69. The van der Waals surface area contributed by atoms with Crippen LogP contribution in [0.25, 0.3) is 11.1 Å². The molecule has 0 aliphatic heterocycles. The molecule has 3 nitrogen and oxygen atoms in total. The van der Waals surface area contributed by atoms with Crippen molar-refractivity contribution in [3.8, 4) is 11.1 Å². The van der Waals surface area contributed by atoms with Crippen molar-refractivity contribution in [3.05, 3.63) is 59.0 Å². The van der Waals surface area contributed by atoms with Gasteiger partial charge in [0.15, 0.2) is 0 Å². The molecular formula is C15H15N3S. The number of hydrogen-bond acceptors (Lipinski definition) is 3. The lowest BCUT2D eigenvalue weighted by molar-refractivity contribution is 0.616. The van der Waals surface area contributed by atoms with Gasteiger partial charge >= 0.3 is 0 Å². The lowest BCUT2D eigenvalue weighted by Crippen LogP contribution is -2.00. The smallest absolute Gasteiger partial charge is 0.0568 e. The van der Waals surface area contributed by atoms with Gasteiger partial charge in [0, 0.05) is 24.0 Å². The van der Waals surface area contributed by atoms with E-state index in [9.17, 15) is 0 Å². The van der Waals surface area contributed by atoms with Gasteiger partial charge in [0.05, 0.1) is 6.20 Å². The largest absolute Gasteiger partial charge is 0.399 e. The zero-order chi connectivity index (χ0) is 13.1. The van der Waals surface area contributed by atoms with Crippen molar-refractivity contribution in [1.82, 2.24) is 9.78 Å². The van der Waals surface area contributed by atoms with Crippen molar-refractivity contribution < 1.29 is 0 Å². The maximum absolute atomic E-state index is 5.69. The minimum absolute atomic E-state index is 0.786. The summed E-state index contributed by atoms with van der Waals surface area (Å²) in [5, 5.41) is 8.70. The van der Waals surface area contributed by atoms with Crippen molar-refractivity contribution in [1.29, 1.82) is 0 Å². The van der Waals surface area contributed by atoms with Gasteiger partial charge in [-0.25, -0.2) is 0 Å². The Morgan fingerprint density at radius 2 is 1.95 bits per heavy atom. The first-order valence-corrected chi connectivity index (χ1v) is 7.15. The molecular weight excluding hydrogens is 254 g/mol. The van der Waals surface area contributed by atoms with E-state index >= 15 is 0 Å². The molecule has 0 saturated carbocycles. The molecule has 2 aromatic heterocycles. The standard InChI is InChI=1S/C15H15N3S/c16-15-3-1-13(2-4-15)14-9-17-18(10-14)7-5-12-6-8-19-11-12/h1-4,6,8-11H,5,7,16H2. The molecule has 0 atom stereocenters. The number of thiophene rings is 1. The molecule has 2 heterocycles. The normalized spacial score (nSPS) is 10.7. The highest BCUT2D eigenvalue weighted by atomic mass is 32.1. The van der Waals surface area contributed by atoms with Crippen LogP contribution in [-0.2, 0) is 13.0 Å². The highest BCUT2D eigenvalue weighted by Gasteiger charge is 2.02. The third kappa shape index (κ3) is 2.85. The molecule has 0 radical (unpaired) electrons. The number of aromatic nitrogens is 2. The second-order valence-electron chi connectivity index (χ2n) is 4.50. The highest BCUT2D eigenvalue weighted by Crippen LogP contribution is 2.19. The monoisotopic (exact) mass is 269 g/mol. The third-order valence-corrected chi connectivity index (χ3v) is 3.82. The Hall–Kier alpha value is -2.07. The van der Waals surface area contributed by atoms with E-state index in [1.54, 1.807) is 11.3 Å². The summed E-state index contributed by atoms with van der Waals surface area (Å²) in [6, 6.07) is 10.0. The molecule has 0 aliphatic carbocycles. The van der Waals surface area contributed by atoms with Gasteiger partial charge in [0.25, 0.3) is 0 Å². The van der Waals surface area contributed by atoms with Gasteiger partial charge in [0.2, 0.25) is 0 Å². The van der Waals surface area contributed by atoms with Gasteiger partial charge in [-0.1, -0.05) is 12.1 Å². The molecule has 0 aliphatic rings. The molecule has 0 fully saturated rings. The van der Waals surface area contributed by atoms with Crippen molar-refractivity contribution in [2.24, 2.45) is 0 Å². The van der Waals surface area contributed by atoms with Crippen LogP contribution in [0.15, 0.2) is 53.5 Å². The number of hydrogen-bond donors (Lipinski definition) is 1. The van der Waals surface area contributed by atoms with Crippen molar-refractivity contribution >= 4 is 17.0 Å². The van der Waals surface area contributed by atoms with E-state index < -0.39 is 0 Å². The Kier molecular flexibility index (Phi) is 3.33. The third-order valence-electron chi connectivity index (χ3n) is 3.09. The molecule has 96 valence electrons. The quantitative estimate of drug-likeness (QED) is 0.737. The zero-order valence-corrected chi connectivity index (χ0v) is 11.3. The van der Waals surface area contributed by atoms with Crippen LogP contribution in [-0.4, -0.2) is 9.78 Å². The first-order chi connectivity index (χ1) is 9.31. The molecule has 0 unspecified atom stereocenters. The van der Waals surface area contributed by atoms with Crippen LogP contribution in [0.3, 0.4) is 0 Å². The summed E-state index contributed by atoms with van der Waals surface area (Å²) >= 11 is 1.74. The van der Waals surface area contributed by atoms with Crippen LogP contribution >= 0.6 is 11.3 Å². The molecule has 3 rings (SSSR count). The summed E-state index contributed by atoms with van der Waals surface area (Å²) in [6.07, 6.45) is 5.00. The molecule has 0 saturated heterocycles. The summed E-state index contributed by atoms with van der Waals surface area (Å²) in [5.74, 6) is 0. The van der Waals surface area contributed by atoms with Gasteiger partial charge in [-0.15, -0.1) is 0 Å². The number of anilines is 1. The Balaban J connectivity index is 1.70. The second-order valence-corrected chi connectivity index (χ2v) is 5.28. The summed E-state index contributed by atoms with van der Waals surface area (Å²) in [5.41, 5.74) is 10.1. The van der Waals surface area contributed by atoms with Crippen LogP contribution in [0, 0.1) is 0 Å². The highest BCUT2D eigenvalue weighted by molar-refractivity contribution is 7.07. The van der Waals surface area contributed by atoms with Gasteiger partial charge in [-0.3, -0.25) is 4.68 Å². The lowest BCUT2D eigenvalue weighted by Gasteiger charge is -2.00. The van der Waals surface area contributed by atoms with E-state index in [4.69, 9.17) is 5.73 Å². The van der Waals surface area contributed by atoms with Crippen LogP contribution in [0.5, 0.6) is 0 Å².